The second-order valence-corrected chi connectivity index (χ2v) is 4.42. The Morgan fingerprint density at radius 2 is 2.24 bits per heavy atom. The molecule has 0 amide bonds. The molecule has 86 valence electrons. The molecule has 1 heterocycles. The van der Waals surface area contributed by atoms with Crippen molar-refractivity contribution in [1.82, 2.24) is 0 Å². The lowest BCUT2D eigenvalue weighted by molar-refractivity contribution is 0.513. The van der Waals surface area contributed by atoms with Gasteiger partial charge in [0.15, 0.2) is 0 Å². The van der Waals surface area contributed by atoms with E-state index in [9.17, 15) is 0 Å². The highest BCUT2D eigenvalue weighted by atomic mass is 79.9. The Kier molecular flexibility index (Phi) is 3.84. The molecule has 0 atom stereocenters. The number of anilines is 1. The molecule has 0 radical (unpaired) electrons. The third kappa shape index (κ3) is 3.11. The molecule has 0 spiro atoms. The molecule has 0 bridgehead atoms. The van der Waals surface area contributed by atoms with Gasteiger partial charge in [0.2, 0.25) is 0 Å². The standard InChI is InChI=1S/C13H11BrN2O/c14-12-8-10(9-15)3-4-13(12)16-6-5-11-2-1-7-17-11/h1-4,7-8,16H,5-6H2. The van der Waals surface area contributed by atoms with Gasteiger partial charge < -0.3 is 9.73 Å². The average Bonchev–Trinajstić information content (AvgIpc) is 2.84. The van der Waals surface area contributed by atoms with Crippen molar-refractivity contribution < 1.29 is 4.42 Å². The summed E-state index contributed by atoms with van der Waals surface area (Å²) in [7, 11) is 0. The zero-order valence-electron chi connectivity index (χ0n) is 9.11. The Hall–Kier alpha value is -1.73. The molecule has 2 rings (SSSR count). The van der Waals surface area contributed by atoms with Gasteiger partial charge in [-0.15, -0.1) is 0 Å². The predicted molar refractivity (Wildman–Crippen MR) is 69.8 cm³/mol. The van der Waals surface area contributed by atoms with E-state index in [0.29, 0.717) is 5.56 Å². The summed E-state index contributed by atoms with van der Waals surface area (Å²) in [6.07, 6.45) is 2.51. The van der Waals surface area contributed by atoms with Crippen LogP contribution < -0.4 is 5.32 Å². The molecule has 0 saturated heterocycles. The van der Waals surface area contributed by atoms with Gasteiger partial charge in [-0.25, -0.2) is 0 Å². The minimum atomic E-state index is 0.647. The molecule has 2 aromatic rings. The Bertz CT molecular complexity index is 529. The molecular formula is C13H11BrN2O. The third-order valence-corrected chi connectivity index (χ3v) is 3.02. The number of nitrogens with zero attached hydrogens (tertiary/aromatic N) is 1. The van der Waals surface area contributed by atoms with Gasteiger partial charge >= 0.3 is 0 Å². The molecule has 0 saturated carbocycles. The van der Waals surface area contributed by atoms with Crippen LogP contribution in [0.25, 0.3) is 0 Å². The number of halogens is 1. The zero-order chi connectivity index (χ0) is 12.1. The highest BCUT2D eigenvalue weighted by molar-refractivity contribution is 9.10. The van der Waals surface area contributed by atoms with Crippen LogP contribution in [0.1, 0.15) is 11.3 Å². The Morgan fingerprint density at radius 1 is 1.35 bits per heavy atom. The molecule has 1 N–H and O–H groups in total. The summed E-state index contributed by atoms with van der Waals surface area (Å²) in [5, 5.41) is 12.0. The number of nitriles is 1. The van der Waals surface area contributed by atoms with Crippen molar-refractivity contribution in [3.05, 3.63) is 52.4 Å². The summed E-state index contributed by atoms with van der Waals surface area (Å²) < 4.78 is 6.14. The van der Waals surface area contributed by atoms with Crippen LogP contribution in [0.15, 0.2) is 45.5 Å². The first-order chi connectivity index (χ1) is 8.29. The fraction of sp³-hybridized carbons (Fsp3) is 0.154. The van der Waals surface area contributed by atoms with Gasteiger partial charge in [-0.2, -0.15) is 5.26 Å². The van der Waals surface area contributed by atoms with Crippen LogP contribution in [-0.2, 0) is 6.42 Å². The van der Waals surface area contributed by atoms with Crippen molar-refractivity contribution in [1.29, 1.82) is 5.26 Å². The summed E-state index contributed by atoms with van der Waals surface area (Å²) in [4.78, 5) is 0. The quantitative estimate of drug-likeness (QED) is 0.936. The molecule has 1 aromatic carbocycles. The van der Waals surface area contributed by atoms with Gasteiger partial charge in [-0.05, 0) is 46.3 Å². The lowest BCUT2D eigenvalue weighted by Crippen LogP contribution is -2.04. The van der Waals surface area contributed by atoms with E-state index in [1.807, 2.05) is 18.2 Å². The van der Waals surface area contributed by atoms with Crippen LogP contribution in [0.3, 0.4) is 0 Å². The SMILES string of the molecule is N#Cc1ccc(NCCc2ccco2)c(Br)c1. The van der Waals surface area contributed by atoms with Crippen LogP contribution in [0, 0.1) is 11.3 Å². The first kappa shape index (κ1) is 11.7. The average molecular weight is 291 g/mol. The van der Waals surface area contributed by atoms with Crippen LogP contribution in [0.5, 0.6) is 0 Å². The minimum Gasteiger partial charge on any atom is -0.469 e. The monoisotopic (exact) mass is 290 g/mol. The van der Waals surface area contributed by atoms with Crippen LogP contribution in [-0.4, -0.2) is 6.54 Å². The lowest BCUT2D eigenvalue weighted by atomic mass is 10.2. The van der Waals surface area contributed by atoms with Crippen LogP contribution in [0.2, 0.25) is 0 Å². The van der Waals surface area contributed by atoms with E-state index in [1.54, 1.807) is 18.4 Å². The zero-order valence-corrected chi connectivity index (χ0v) is 10.7. The summed E-state index contributed by atoms with van der Waals surface area (Å²) in [6.45, 7) is 0.790. The first-order valence-electron chi connectivity index (χ1n) is 5.25. The smallest absolute Gasteiger partial charge is 0.105 e. The number of hydrogen-bond acceptors (Lipinski definition) is 3. The molecule has 17 heavy (non-hydrogen) atoms. The number of hydrogen-bond donors (Lipinski definition) is 1. The summed E-state index contributed by atoms with van der Waals surface area (Å²) in [5.74, 6) is 0.960. The number of rotatable bonds is 4. The molecule has 1 aromatic heterocycles. The van der Waals surface area contributed by atoms with Gasteiger partial charge in [-0.3, -0.25) is 0 Å². The maximum Gasteiger partial charge on any atom is 0.105 e. The lowest BCUT2D eigenvalue weighted by Gasteiger charge is -2.07. The molecule has 3 nitrogen and oxygen atoms in total. The van der Waals surface area contributed by atoms with Crippen molar-refractivity contribution in [2.24, 2.45) is 0 Å². The predicted octanol–water partition coefficient (Wildman–Crippen LogP) is 3.57. The van der Waals surface area contributed by atoms with Crippen molar-refractivity contribution in [2.75, 3.05) is 11.9 Å². The van der Waals surface area contributed by atoms with E-state index in [2.05, 4.69) is 27.3 Å². The van der Waals surface area contributed by atoms with Gasteiger partial charge in [0.25, 0.3) is 0 Å². The second kappa shape index (κ2) is 5.55. The Morgan fingerprint density at radius 3 is 2.88 bits per heavy atom. The molecule has 4 heteroatoms. The van der Waals surface area contributed by atoms with Gasteiger partial charge in [-0.1, -0.05) is 0 Å². The van der Waals surface area contributed by atoms with E-state index >= 15 is 0 Å². The highest BCUT2D eigenvalue weighted by Gasteiger charge is 2.01. The third-order valence-electron chi connectivity index (χ3n) is 2.37. The summed E-state index contributed by atoms with van der Waals surface area (Å²) in [6, 6.07) is 11.4. The first-order valence-corrected chi connectivity index (χ1v) is 6.05. The topological polar surface area (TPSA) is 49.0 Å². The van der Waals surface area contributed by atoms with Crippen LogP contribution >= 0.6 is 15.9 Å². The molecule has 0 aliphatic carbocycles. The summed E-state index contributed by atoms with van der Waals surface area (Å²) in [5.41, 5.74) is 1.63. The van der Waals surface area contributed by atoms with Gasteiger partial charge in [0, 0.05) is 23.1 Å². The fourth-order valence-electron chi connectivity index (χ4n) is 1.50. The van der Waals surface area contributed by atoms with Gasteiger partial charge in [0.1, 0.15) is 5.76 Å². The molecule has 0 unspecified atom stereocenters. The highest BCUT2D eigenvalue weighted by Crippen LogP contribution is 2.23. The molecule has 0 fully saturated rings. The maximum absolute atomic E-state index is 8.75. The normalized spacial score (nSPS) is 9.88. The molecular weight excluding hydrogens is 280 g/mol. The summed E-state index contributed by atoms with van der Waals surface area (Å²) >= 11 is 3.43. The van der Waals surface area contributed by atoms with E-state index in [0.717, 1.165) is 28.9 Å². The second-order valence-electron chi connectivity index (χ2n) is 3.56. The van der Waals surface area contributed by atoms with E-state index in [1.165, 1.54) is 0 Å². The largest absolute Gasteiger partial charge is 0.469 e. The van der Waals surface area contributed by atoms with Crippen molar-refractivity contribution in [3.8, 4) is 6.07 Å². The fourth-order valence-corrected chi connectivity index (χ4v) is 2.02. The van der Waals surface area contributed by atoms with Gasteiger partial charge in [0.05, 0.1) is 17.9 Å². The van der Waals surface area contributed by atoms with E-state index in [4.69, 9.17) is 9.68 Å². The van der Waals surface area contributed by atoms with Crippen molar-refractivity contribution >= 4 is 21.6 Å². The van der Waals surface area contributed by atoms with E-state index < -0.39 is 0 Å². The molecule has 0 aliphatic heterocycles. The minimum absolute atomic E-state index is 0.647. The Balaban J connectivity index is 1.93. The molecule has 0 aliphatic rings. The van der Waals surface area contributed by atoms with Crippen molar-refractivity contribution in [2.45, 2.75) is 6.42 Å². The maximum atomic E-state index is 8.75. The number of furan rings is 1. The van der Waals surface area contributed by atoms with Crippen molar-refractivity contribution in [3.63, 3.8) is 0 Å². The number of nitrogens with one attached hydrogen (secondary N) is 1. The Labute approximate surface area is 108 Å². The van der Waals surface area contributed by atoms with E-state index in [-0.39, 0.29) is 0 Å². The van der Waals surface area contributed by atoms with Crippen LogP contribution in [0.4, 0.5) is 5.69 Å². The number of benzene rings is 1.